The van der Waals surface area contributed by atoms with Crippen molar-refractivity contribution in [2.45, 2.75) is 58.9 Å². The number of hydrogen-bond acceptors (Lipinski definition) is 3. The molecule has 0 aliphatic carbocycles. The Kier molecular flexibility index (Phi) is 12.0. The van der Waals surface area contributed by atoms with E-state index in [2.05, 4.69) is 24.5 Å². The van der Waals surface area contributed by atoms with Crippen molar-refractivity contribution in [2.75, 3.05) is 26.8 Å². The van der Waals surface area contributed by atoms with Crippen LogP contribution in [-0.2, 0) is 9.53 Å². The first-order chi connectivity index (χ1) is 9.07. The van der Waals surface area contributed by atoms with Gasteiger partial charge in [-0.1, -0.05) is 39.5 Å². The van der Waals surface area contributed by atoms with Crippen molar-refractivity contribution >= 4 is 5.91 Å². The lowest BCUT2D eigenvalue weighted by Crippen LogP contribution is -2.43. The second kappa shape index (κ2) is 12.4. The molecule has 0 spiro atoms. The van der Waals surface area contributed by atoms with Gasteiger partial charge in [0.1, 0.15) is 0 Å². The summed E-state index contributed by atoms with van der Waals surface area (Å²) >= 11 is 0. The van der Waals surface area contributed by atoms with E-state index in [4.69, 9.17) is 4.74 Å². The summed E-state index contributed by atoms with van der Waals surface area (Å²) in [6.45, 7) is 8.50. The van der Waals surface area contributed by atoms with E-state index in [0.717, 1.165) is 18.9 Å². The van der Waals surface area contributed by atoms with Gasteiger partial charge >= 0.3 is 0 Å². The van der Waals surface area contributed by atoms with Crippen molar-refractivity contribution in [2.24, 2.45) is 5.92 Å². The Morgan fingerprint density at radius 2 is 1.74 bits per heavy atom. The first kappa shape index (κ1) is 18.4. The molecule has 1 unspecified atom stereocenters. The maximum Gasteiger partial charge on any atom is 0.236 e. The summed E-state index contributed by atoms with van der Waals surface area (Å²) < 4.78 is 4.89. The average Bonchev–Trinajstić information content (AvgIpc) is 2.37. The van der Waals surface area contributed by atoms with Crippen molar-refractivity contribution < 1.29 is 9.53 Å². The highest BCUT2D eigenvalue weighted by Gasteiger charge is 2.10. The van der Waals surface area contributed by atoms with Crippen molar-refractivity contribution in [1.82, 2.24) is 10.6 Å². The van der Waals surface area contributed by atoms with Gasteiger partial charge in [0.05, 0.1) is 12.6 Å². The summed E-state index contributed by atoms with van der Waals surface area (Å²) in [6.07, 6.45) is 6.34. The van der Waals surface area contributed by atoms with Crippen LogP contribution in [0.4, 0.5) is 0 Å². The van der Waals surface area contributed by atoms with Crippen molar-refractivity contribution in [3.63, 3.8) is 0 Å². The van der Waals surface area contributed by atoms with E-state index in [1.807, 2.05) is 6.92 Å². The van der Waals surface area contributed by atoms with Gasteiger partial charge in [-0.2, -0.15) is 0 Å². The normalized spacial score (nSPS) is 12.7. The second-order valence-electron chi connectivity index (χ2n) is 5.56. The molecule has 19 heavy (non-hydrogen) atoms. The topological polar surface area (TPSA) is 50.4 Å². The number of hydrogen-bond donors (Lipinski definition) is 2. The third-order valence-electron chi connectivity index (χ3n) is 3.16. The number of amides is 1. The van der Waals surface area contributed by atoms with E-state index in [9.17, 15) is 4.79 Å². The van der Waals surface area contributed by atoms with E-state index >= 15 is 0 Å². The summed E-state index contributed by atoms with van der Waals surface area (Å²) in [5.41, 5.74) is 0. The zero-order chi connectivity index (χ0) is 14.5. The number of carbonyl (C=O) groups is 1. The Labute approximate surface area is 118 Å². The smallest absolute Gasteiger partial charge is 0.236 e. The van der Waals surface area contributed by atoms with Crippen LogP contribution in [0.25, 0.3) is 0 Å². The summed E-state index contributed by atoms with van der Waals surface area (Å²) in [5.74, 6) is 0.866. The number of rotatable bonds is 12. The van der Waals surface area contributed by atoms with E-state index in [1.165, 1.54) is 25.7 Å². The van der Waals surface area contributed by atoms with Crippen molar-refractivity contribution in [3.8, 4) is 0 Å². The van der Waals surface area contributed by atoms with E-state index in [0.29, 0.717) is 13.2 Å². The zero-order valence-corrected chi connectivity index (χ0v) is 13.1. The molecule has 0 radical (unpaired) electrons. The Hall–Kier alpha value is -0.610. The molecule has 114 valence electrons. The fourth-order valence-corrected chi connectivity index (χ4v) is 1.87. The summed E-state index contributed by atoms with van der Waals surface area (Å²) in [5, 5.41) is 6.09. The highest BCUT2D eigenvalue weighted by molar-refractivity contribution is 5.81. The lowest BCUT2D eigenvalue weighted by atomic mass is 10.0. The highest BCUT2D eigenvalue weighted by Crippen LogP contribution is 2.08. The minimum atomic E-state index is -0.118. The minimum Gasteiger partial charge on any atom is -0.383 e. The first-order valence-corrected chi connectivity index (χ1v) is 7.58. The summed E-state index contributed by atoms with van der Waals surface area (Å²) in [6, 6.07) is -0.118. The Bertz CT molecular complexity index is 220. The van der Waals surface area contributed by atoms with Gasteiger partial charge in [0.2, 0.25) is 5.91 Å². The molecule has 0 aliphatic heterocycles. The van der Waals surface area contributed by atoms with Crippen LogP contribution in [0.15, 0.2) is 0 Å². The molecule has 0 fully saturated rings. The maximum absolute atomic E-state index is 11.6. The first-order valence-electron chi connectivity index (χ1n) is 7.58. The van der Waals surface area contributed by atoms with Gasteiger partial charge in [-0.3, -0.25) is 4.79 Å². The molecule has 0 heterocycles. The standard InChI is InChI=1S/C15H32N2O2/c1-13(2)9-7-5-6-8-10-16-14(3)15(18)17-11-12-19-4/h13-14,16H,5-12H2,1-4H3,(H,17,18). The fraction of sp³-hybridized carbons (Fsp3) is 0.933. The summed E-state index contributed by atoms with van der Waals surface area (Å²) in [7, 11) is 1.63. The third-order valence-corrected chi connectivity index (χ3v) is 3.16. The molecule has 4 heteroatoms. The largest absolute Gasteiger partial charge is 0.383 e. The molecular weight excluding hydrogens is 240 g/mol. The number of ether oxygens (including phenoxy) is 1. The molecule has 0 saturated carbocycles. The van der Waals surface area contributed by atoms with Crippen LogP contribution < -0.4 is 10.6 Å². The molecule has 0 aliphatic rings. The molecule has 1 amide bonds. The molecule has 4 nitrogen and oxygen atoms in total. The van der Waals surface area contributed by atoms with Gasteiger partial charge in [0.25, 0.3) is 0 Å². The zero-order valence-electron chi connectivity index (χ0n) is 13.1. The molecule has 2 N–H and O–H groups in total. The average molecular weight is 272 g/mol. The van der Waals surface area contributed by atoms with E-state index in [-0.39, 0.29) is 11.9 Å². The Balaban J connectivity index is 3.37. The molecule has 1 atom stereocenters. The molecule has 0 saturated heterocycles. The van der Waals surface area contributed by atoms with Gasteiger partial charge in [-0.05, 0) is 25.8 Å². The van der Waals surface area contributed by atoms with Gasteiger partial charge in [-0.25, -0.2) is 0 Å². The lowest BCUT2D eigenvalue weighted by Gasteiger charge is -2.13. The highest BCUT2D eigenvalue weighted by atomic mass is 16.5. The third kappa shape index (κ3) is 12.2. The Morgan fingerprint density at radius 3 is 2.37 bits per heavy atom. The van der Waals surface area contributed by atoms with Gasteiger partial charge < -0.3 is 15.4 Å². The maximum atomic E-state index is 11.6. The van der Waals surface area contributed by atoms with Crippen LogP contribution in [0.3, 0.4) is 0 Å². The predicted molar refractivity (Wildman–Crippen MR) is 80.3 cm³/mol. The Morgan fingerprint density at radius 1 is 1.05 bits per heavy atom. The number of methoxy groups -OCH3 is 1. The van der Waals surface area contributed by atoms with E-state index in [1.54, 1.807) is 7.11 Å². The second-order valence-corrected chi connectivity index (χ2v) is 5.56. The monoisotopic (exact) mass is 272 g/mol. The van der Waals surface area contributed by atoms with Gasteiger partial charge in [0, 0.05) is 13.7 Å². The van der Waals surface area contributed by atoms with Crippen molar-refractivity contribution in [1.29, 1.82) is 0 Å². The molecule has 0 aromatic carbocycles. The number of carbonyl (C=O) groups excluding carboxylic acids is 1. The van der Waals surface area contributed by atoms with Gasteiger partial charge in [-0.15, -0.1) is 0 Å². The van der Waals surface area contributed by atoms with Crippen LogP contribution in [0.2, 0.25) is 0 Å². The van der Waals surface area contributed by atoms with Gasteiger partial charge in [0.15, 0.2) is 0 Å². The molecular formula is C15H32N2O2. The quantitative estimate of drug-likeness (QED) is 0.536. The number of unbranched alkanes of at least 4 members (excludes halogenated alkanes) is 3. The fourth-order valence-electron chi connectivity index (χ4n) is 1.87. The predicted octanol–water partition coefficient (Wildman–Crippen LogP) is 2.33. The van der Waals surface area contributed by atoms with Crippen molar-refractivity contribution in [3.05, 3.63) is 0 Å². The van der Waals surface area contributed by atoms with Crippen LogP contribution in [0, 0.1) is 5.92 Å². The van der Waals surface area contributed by atoms with Crippen LogP contribution in [0.1, 0.15) is 52.9 Å². The van der Waals surface area contributed by atoms with Crippen LogP contribution >= 0.6 is 0 Å². The minimum absolute atomic E-state index is 0.0526. The lowest BCUT2D eigenvalue weighted by molar-refractivity contribution is -0.122. The van der Waals surface area contributed by atoms with E-state index < -0.39 is 0 Å². The molecule has 0 aromatic rings. The number of nitrogens with one attached hydrogen (secondary N) is 2. The SMILES string of the molecule is COCCNC(=O)C(C)NCCCCCCC(C)C. The summed E-state index contributed by atoms with van der Waals surface area (Å²) in [4.78, 5) is 11.6. The molecule has 0 rings (SSSR count). The molecule has 0 bridgehead atoms. The van der Waals surface area contributed by atoms with Crippen LogP contribution in [-0.4, -0.2) is 38.8 Å². The molecule has 0 aromatic heterocycles. The van der Waals surface area contributed by atoms with Crippen LogP contribution in [0.5, 0.6) is 0 Å².